The fourth-order valence-electron chi connectivity index (χ4n) is 6.12. The van der Waals surface area contributed by atoms with Crippen LogP contribution >= 0.6 is 0 Å². The van der Waals surface area contributed by atoms with Crippen molar-refractivity contribution in [1.29, 1.82) is 5.26 Å². The van der Waals surface area contributed by atoms with Crippen LogP contribution in [0.15, 0.2) is 43.1 Å². The fourth-order valence-corrected chi connectivity index (χ4v) is 6.12. The smallest absolute Gasteiger partial charge is 0.410 e. The number of pyridine rings is 1. The summed E-state index contributed by atoms with van der Waals surface area (Å²) in [5, 5.41) is 18.9. The van der Waals surface area contributed by atoms with E-state index >= 15 is 0 Å². The van der Waals surface area contributed by atoms with E-state index in [2.05, 4.69) is 35.0 Å². The van der Waals surface area contributed by atoms with Crippen molar-refractivity contribution in [3.05, 3.63) is 48.7 Å². The van der Waals surface area contributed by atoms with Gasteiger partial charge in [0, 0.05) is 69.2 Å². The number of ether oxygens (including phenoxy) is 1. The average Bonchev–Trinajstić information content (AvgIpc) is 3.71. The van der Waals surface area contributed by atoms with Crippen molar-refractivity contribution in [3.63, 3.8) is 0 Å². The molecular formula is C34H42N10O3. The van der Waals surface area contributed by atoms with Gasteiger partial charge < -0.3 is 19.4 Å². The molecule has 6 heterocycles. The Morgan fingerprint density at radius 1 is 0.957 bits per heavy atom. The first-order valence-corrected chi connectivity index (χ1v) is 16.3. The highest BCUT2D eigenvalue weighted by Gasteiger charge is 2.28. The van der Waals surface area contributed by atoms with Gasteiger partial charge in [-0.1, -0.05) is 13.8 Å². The third kappa shape index (κ3) is 7.06. The van der Waals surface area contributed by atoms with Crippen molar-refractivity contribution in [3.8, 4) is 28.6 Å². The van der Waals surface area contributed by atoms with Gasteiger partial charge in [-0.25, -0.2) is 19.3 Å². The topological polar surface area (TPSA) is 138 Å². The maximum atomic E-state index is 12.5. The molecule has 0 radical (unpaired) electrons. The molecule has 2 aliphatic heterocycles. The monoisotopic (exact) mass is 638 g/mol. The molecule has 4 aromatic heterocycles. The molecule has 47 heavy (non-hydrogen) atoms. The third-order valence-corrected chi connectivity index (χ3v) is 8.57. The Bertz CT molecular complexity index is 1780. The van der Waals surface area contributed by atoms with E-state index in [4.69, 9.17) is 14.7 Å². The Labute approximate surface area is 274 Å². The Kier molecular flexibility index (Phi) is 8.86. The molecule has 0 N–H and O–H groups in total. The molecule has 13 nitrogen and oxygen atoms in total. The summed E-state index contributed by atoms with van der Waals surface area (Å²) < 4.78 is 9.18. The number of hydrogen-bond acceptors (Lipinski definition) is 9. The predicted molar refractivity (Wildman–Crippen MR) is 176 cm³/mol. The van der Waals surface area contributed by atoms with Gasteiger partial charge in [-0.15, -0.1) is 0 Å². The molecule has 246 valence electrons. The van der Waals surface area contributed by atoms with Gasteiger partial charge in [-0.05, 0) is 51.7 Å². The number of carbonyl (C=O) groups excluding carboxylic acids is 2. The quantitative estimate of drug-likeness (QED) is 0.292. The zero-order valence-electron chi connectivity index (χ0n) is 27.8. The Balaban J connectivity index is 1.19. The molecule has 2 aliphatic rings. The Morgan fingerprint density at radius 2 is 1.70 bits per heavy atom. The average molecular weight is 639 g/mol. The molecule has 4 aromatic rings. The summed E-state index contributed by atoms with van der Waals surface area (Å²) in [5.41, 5.74) is 3.39. The van der Waals surface area contributed by atoms with Crippen LogP contribution in [0.4, 0.5) is 10.6 Å². The van der Waals surface area contributed by atoms with Crippen molar-refractivity contribution >= 4 is 23.3 Å². The van der Waals surface area contributed by atoms with Crippen LogP contribution in [0.5, 0.6) is 0 Å². The highest BCUT2D eigenvalue weighted by Crippen LogP contribution is 2.31. The van der Waals surface area contributed by atoms with Gasteiger partial charge in [0.1, 0.15) is 28.6 Å². The normalized spacial score (nSPS) is 16.1. The van der Waals surface area contributed by atoms with Crippen LogP contribution in [-0.4, -0.2) is 96.0 Å². The number of aromatic nitrogens is 6. The van der Waals surface area contributed by atoms with Gasteiger partial charge >= 0.3 is 6.09 Å². The number of amides is 2. The van der Waals surface area contributed by atoms with Gasteiger partial charge in [0.05, 0.1) is 36.0 Å². The van der Waals surface area contributed by atoms with E-state index in [1.54, 1.807) is 28.0 Å². The molecular weight excluding hydrogens is 596 g/mol. The van der Waals surface area contributed by atoms with Gasteiger partial charge in [-0.3, -0.25) is 9.48 Å². The maximum Gasteiger partial charge on any atom is 0.410 e. The number of piperidine rings is 1. The largest absolute Gasteiger partial charge is 0.444 e. The van der Waals surface area contributed by atoms with E-state index < -0.39 is 5.60 Å². The maximum absolute atomic E-state index is 12.5. The van der Waals surface area contributed by atoms with E-state index in [1.807, 2.05) is 54.9 Å². The van der Waals surface area contributed by atoms with E-state index in [-0.39, 0.29) is 18.0 Å². The first-order valence-electron chi connectivity index (χ1n) is 16.3. The van der Waals surface area contributed by atoms with Crippen molar-refractivity contribution in [2.24, 2.45) is 5.92 Å². The highest BCUT2D eigenvalue weighted by atomic mass is 16.6. The molecule has 13 heteroatoms. The second-order valence-electron chi connectivity index (χ2n) is 13.7. The van der Waals surface area contributed by atoms with E-state index in [0.29, 0.717) is 61.0 Å². The molecule has 0 atom stereocenters. The number of anilines is 1. The highest BCUT2D eigenvalue weighted by molar-refractivity contribution is 5.83. The number of carbonyl (C=O) groups is 2. The summed E-state index contributed by atoms with van der Waals surface area (Å²) >= 11 is 0. The summed E-state index contributed by atoms with van der Waals surface area (Å²) in [7, 11) is 0. The van der Waals surface area contributed by atoms with Crippen LogP contribution in [0.1, 0.15) is 65.5 Å². The lowest BCUT2D eigenvalue weighted by Crippen LogP contribution is -2.49. The zero-order valence-corrected chi connectivity index (χ0v) is 27.8. The lowest BCUT2D eigenvalue weighted by Gasteiger charge is -2.35. The van der Waals surface area contributed by atoms with Crippen LogP contribution in [-0.2, 0) is 9.53 Å². The van der Waals surface area contributed by atoms with Crippen molar-refractivity contribution in [1.82, 2.24) is 39.2 Å². The summed E-state index contributed by atoms with van der Waals surface area (Å²) in [6.07, 6.45) is 10.7. The summed E-state index contributed by atoms with van der Waals surface area (Å²) in [4.78, 5) is 40.7. The number of fused-ring (bicyclic) bond motifs is 1. The van der Waals surface area contributed by atoms with Crippen LogP contribution in [0.2, 0.25) is 0 Å². The molecule has 0 saturated carbocycles. The number of nitrogens with zero attached hydrogens (tertiary/aromatic N) is 10. The van der Waals surface area contributed by atoms with Gasteiger partial charge in [0.15, 0.2) is 0 Å². The van der Waals surface area contributed by atoms with Crippen LogP contribution in [0.3, 0.4) is 0 Å². The van der Waals surface area contributed by atoms with Gasteiger partial charge in [-0.2, -0.15) is 15.5 Å². The second kappa shape index (κ2) is 13.0. The second-order valence-corrected chi connectivity index (χ2v) is 13.7. The number of likely N-dealkylation sites (tertiary alicyclic amines) is 1. The SMILES string of the molecule is CC(C)CC(=O)N1CCN(c2ccc(-c3nc(-c4cnn(C5CCN(C(=O)OC(C)(C)C)CC5)c4)cn4ncc(C#N)c34)cn2)CC1. The lowest BCUT2D eigenvalue weighted by molar-refractivity contribution is -0.132. The Morgan fingerprint density at radius 3 is 2.34 bits per heavy atom. The first-order chi connectivity index (χ1) is 22.5. The van der Waals surface area contributed by atoms with Crippen LogP contribution in [0, 0.1) is 17.2 Å². The number of nitriles is 1. The first kappa shape index (κ1) is 32.0. The summed E-state index contributed by atoms with van der Waals surface area (Å²) in [6.45, 7) is 13.7. The standard InChI is InChI=1S/C34H42N10O3/c1-23(2)16-30(45)41-14-12-40(13-15-41)29-7-6-24(18-36-29)31-32-25(17-35)19-38-44(32)22-28(39-31)26-20-37-43(21-26)27-8-10-42(11-9-27)33(46)47-34(3,4)5/h6-7,18-23,27H,8-16H2,1-5H3. The van der Waals surface area contributed by atoms with E-state index in [0.717, 1.165) is 42.9 Å². The molecule has 2 amide bonds. The minimum atomic E-state index is -0.524. The molecule has 0 aliphatic carbocycles. The molecule has 0 bridgehead atoms. The predicted octanol–water partition coefficient (Wildman–Crippen LogP) is 4.79. The molecule has 0 spiro atoms. The lowest BCUT2D eigenvalue weighted by atomic mass is 10.1. The zero-order chi connectivity index (χ0) is 33.3. The number of rotatable bonds is 6. The van der Waals surface area contributed by atoms with Crippen LogP contribution in [0.25, 0.3) is 28.0 Å². The Hall–Kier alpha value is -4.99. The van der Waals surface area contributed by atoms with E-state index in [1.165, 1.54) is 0 Å². The third-order valence-electron chi connectivity index (χ3n) is 8.57. The minimum Gasteiger partial charge on any atom is -0.444 e. The minimum absolute atomic E-state index is 0.146. The number of hydrogen-bond donors (Lipinski definition) is 0. The van der Waals surface area contributed by atoms with Gasteiger partial charge in [0.25, 0.3) is 0 Å². The summed E-state index contributed by atoms with van der Waals surface area (Å²) in [5.74, 6) is 1.39. The van der Waals surface area contributed by atoms with Crippen molar-refractivity contribution in [2.45, 2.75) is 65.5 Å². The summed E-state index contributed by atoms with van der Waals surface area (Å²) in [6, 6.07) is 6.33. The van der Waals surface area contributed by atoms with Crippen molar-refractivity contribution < 1.29 is 14.3 Å². The number of piperazine rings is 1. The molecule has 2 fully saturated rings. The van der Waals surface area contributed by atoms with Crippen molar-refractivity contribution in [2.75, 3.05) is 44.2 Å². The molecule has 6 rings (SSSR count). The van der Waals surface area contributed by atoms with Crippen LogP contribution < -0.4 is 4.90 Å². The molecule has 0 unspecified atom stereocenters. The van der Waals surface area contributed by atoms with Gasteiger partial charge in [0.2, 0.25) is 5.91 Å². The van der Waals surface area contributed by atoms with E-state index in [9.17, 15) is 14.9 Å². The molecule has 0 aromatic carbocycles. The fraction of sp³-hybridized carbons (Fsp3) is 0.500. The molecule has 2 saturated heterocycles.